The van der Waals surface area contributed by atoms with Gasteiger partial charge in [-0.25, -0.2) is 0 Å². The molecule has 0 aliphatic rings. The van der Waals surface area contributed by atoms with E-state index in [2.05, 4.69) is 6.92 Å². The Labute approximate surface area is 167 Å². The second-order valence-electron chi connectivity index (χ2n) is 7.79. The summed E-state index contributed by atoms with van der Waals surface area (Å²) in [6.45, 7) is 2.28. The molecule has 0 aliphatic carbocycles. The molecule has 0 saturated carbocycles. The maximum absolute atomic E-state index is 11.6. The molecule has 2 N–H and O–H groups in total. The van der Waals surface area contributed by atoms with E-state index in [4.69, 9.17) is 5.73 Å². The normalized spacial score (nSPS) is 11.7. The minimum atomic E-state index is -0.284. The second-order valence-corrected chi connectivity index (χ2v) is 7.79. The molecule has 0 fully saturated rings. The summed E-state index contributed by atoms with van der Waals surface area (Å²) in [4.78, 5) is 11.6. The Kier molecular flexibility index (Phi) is 14.4. The van der Waals surface area contributed by atoms with E-state index in [1.807, 2.05) is 36.4 Å². The third-order valence-electron chi connectivity index (χ3n) is 5.25. The van der Waals surface area contributed by atoms with Crippen LogP contribution in [0.4, 0.5) is 0 Å². The van der Waals surface area contributed by atoms with Crippen molar-refractivity contribution in [2.24, 2.45) is 5.73 Å². The summed E-state index contributed by atoms with van der Waals surface area (Å²) in [7, 11) is 0. The Morgan fingerprint density at radius 1 is 0.778 bits per heavy atom. The number of carbonyl (C=O) groups is 1. The summed E-state index contributed by atoms with van der Waals surface area (Å²) < 4.78 is 0. The van der Waals surface area contributed by atoms with Gasteiger partial charge in [0.1, 0.15) is 0 Å². The maximum atomic E-state index is 11.6. The highest BCUT2D eigenvalue weighted by atomic mass is 16.1. The Hall–Kier alpha value is -1.57. The lowest BCUT2D eigenvalue weighted by atomic mass is 10.0. The molecule has 1 rings (SSSR count). The van der Waals surface area contributed by atoms with Gasteiger partial charge in [-0.15, -0.1) is 0 Å². The van der Waals surface area contributed by atoms with Crippen LogP contribution in [0.3, 0.4) is 0 Å². The van der Waals surface area contributed by atoms with Crippen LogP contribution in [0.2, 0.25) is 0 Å². The van der Waals surface area contributed by atoms with Crippen LogP contribution >= 0.6 is 0 Å². The first-order valence-electron chi connectivity index (χ1n) is 11.3. The van der Waals surface area contributed by atoms with Crippen molar-refractivity contribution in [3.63, 3.8) is 0 Å². The van der Waals surface area contributed by atoms with Crippen LogP contribution in [0.15, 0.2) is 42.0 Å². The van der Waals surface area contributed by atoms with Gasteiger partial charge in [0.15, 0.2) is 0 Å². The van der Waals surface area contributed by atoms with Crippen LogP contribution in [-0.2, 0) is 11.2 Å². The van der Waals surface area contributed by atoms with Gasteiger partial charge in [0, 0.05) is 12.0 Å². The number of nitrogens with two attached hydrogens (primary N) is 1. The average Bonchev–Trinajstić information content (AvgIpc) is 2.68. The zero-order valence-corrected chi connectivity index (χ0v) is 17.6. The highest BCUT2D eigenvalue weighted by Gasteiger charge is 2.05. The van der Waals surface area contributed by atoms with Gasteiger partial charge in [-0.3, -0.25) is 4.79 Å². The van der Waals surface area contributed by atoms with Gasteiger partial charge in [-0.05, 0) is 18.4 Å². The van der Waals surface area contributed by atoms with E-state index in [9.17, 15) is 4.79 Å². The predicted molar refractivity (Wildman–Crippen MR) is 118 cm³/mol. The van der Waals surface area contributed by atoms with Crippen molar-refractivity contribution in [3.05, 3.63) is 47.5 Å². The monoisotopic (exact) mass is 371 g/mol. The zero-order valence-electron chi connectivity index (χ0n) is 17.6. The molecule has 1 aromatic carbocycles. The van der Waals surface area contributed by atoms with Gasteiger partial charge in [0.05, 0.1) is 0 Å². The number of rotatable bonds is 17. The van der Waals surface area contributed by atoms with Crippen LogP contribution < -0.4 is 5.73 Å². The van der Waals surface area contributed by atoms with Crippen LogP contribution in [0.1, 0.15) is 102 Å². The Morgan fingerprint density at radius 3 is 1.74 bits per heavy atom. The molecule has 0 saturated heterocycles. The summed E-state index contributed by atoms with van der Waals surface area (Å²) in [6.07, 6.45) is 21.4. The summed E-state index contributed by atoms with van der Waals surface area (Å²) in [5.74, 6) is -0.284. The summed E-state index contributed by atoms with van der Waals surface area (Å²) in [5, 5.41) is 0. The predicted octanol–water partition coefficient (Wildman–Crippen LogP) is 7.12. The fraction of sp³-hybridized carbons (Fsp3) is 0.640. The molecule has 0 unspecified atom stereocenters. The lowest BCUT2D eigenvalue weighted by Crippen LogP contribution is -2.15. The third-order valence-corrected chi connectivity index (χ3v) is 5.25. The first-order valence-corrected chi connectivity index (χ1v) is 11.3. The standard InChI is InChI=1S/C25H41NO/c1-2-3-4-5-6-7-8-9-10-11-12-13-14-18-21-24(25(26)27)22-23-19-16-15-17-20-23/h15-17,19-21H,2-14,18,22H2,1H3,(H2,26,27). The van der Waals surface area contributed by atoms with Gasteiger partial charge < -0.3 is 5.73 Å². The Bertz CT molecular complexity index is 506. The van der Waals surface area contributed by atoms with Crippen LogP contribution in [0, 0.1) is 0 Å². The van der Waals surface area contributed by atoms with E-state index in [0.717, 1.165) is 24.0 Å². The number of amides is 1. The average molecular weight is 372 g/mol. The van der Waals surface area contributed by atoms with Gasteiger partial charge in [0.25, 0.3) is 0 Å². The maximum Gasteiger partial charge on any atom is 0.244 e. The van der Waals surface area contributed by atoms with Crippen LogP contribution in [0.25, 0.3) is 0 Å². The van der Waals surface area contributed by atoms with Crippen molar-refractivity contribution in [1.29, 1.82) is 0 Å². The molecule has 1 aromatic rings. The molecule has 0 aromatic heterocycles. The van der Waals surface area contributed by atoms with Crippen LogP contribution in [0.5, 0.6) is 0 Å². The molecule has 2 heteroatoms. The van der Waals surface area contributed by atoms with Gasteiger partial charge in [-0.1, -0.05) is 120 Å². The zero-order chi connectivity index (χ0) is 19.6. The number of hydrogen-bond acceptors (Lipinski definition) is 1. The van der Waals surface area contributed by atoms with E-state index >= 15 is 0 Å². The minimum absolute atomic E-state index is 0.284. The third kappa shape index (κ3) is 13.3. The topological polar surface area (TPSA) is 43.1 Å². The fourth-order valence-electron chi connectivity index (χ4n) is 3.51. The summed E-state index contributed by atoms with van der Waals surface area (Å²) in [5.41, 5.74) is 7.43. The molecule has 27 heavy (non-hydrogen) atoms. The lowest BCUT2D eigenvalue weighted by Gasteiger charge is -2.05. The highest BCUT2D eigenvalue weighted by molar-refractivity contribution is 5.92. The van der Waals surface area contributed by atoms with E-state index in [1.165, 1.54) is 77.0 Å². The molecule has 1 amide bonds. The minimum Gasteiger partial charge on any atom is -0.366 e. The van der Waals surface area contributed by atoms with E-state index in [0.29, 0.717) is 6.42 Å². The quantitative estimate of drug-likeness (QED) is 0.230. The highest BCUT2D eigenvalue weighted by Crippen LogP contribution is 2.14. The molecule has 0 bridgehead atoms. The van der Waals surface area contributed by atoms with Crippen molar-refractivity contribution < 1.29 is 4.79 Å². The molecule has 0 heterocycles. The van der Waals surface area contributed by atoms with Crippen LogP contribution in [-0.4, -0.2) is 5.91 Å². The molecule has 2 nitrogen and oxygen atoms in total. The first-order chi connectivity index (χ1) is 13.2. The second kappa shape index (κ2) is 16.6. The molecule has 152 valence electrons. The summed E-state index contributed by atoms with van der Waals surface area (Å²) >= 11 is 0. The molecule has 0 aliphatic heterocycles. The van der Waals surface area contributed by atoms with Gasteiger partial charge in [0.2, 0.25) is 5.91 Å². The lowest BCUT2D eigenvalue weighted by molar-refractivity contribution is -0.114. The SMILES string of the molecule is CCCCCCCCCCCCCCCC=C(Cc1ccccc1)C(N)=O. The van der Waals surface area contributed by atoms with E-state index in [-0.39, 0.29) is 5.91 Å². The number of hydrogen-bond donors (Lipinski definition) is 1. The molecule has 0 radical (unpaired) electrons. The van der Waals surface area contributed by atoms with Crippen molar-refractivity contribution in [2.75, 3.05) is 0 Å². The number of allylic oxidation sites excluding steroid dienone is 1. The molecular weight excluding hydrogens is 330 g/mol. The van der Waals surface area contributed by atoms with Gasteiger partial charge in [-0.2, -0.15) is 0 Å². The molecular formula is C25H41NO. The largest absolute Gasteiger partial charge is 0.366 e. The number of unbranched alkanes of at least 4 members (excludes halogenated alkanes) is 13. The number of primary amides is 1. The first kappa shape index (κ1) is 23.5. The van der Waals surface area contributed by atoms with Crippen molar-refractivity contribution in [2.45, 2.75) is 103 Å². The Balaban J connectivity index is 2.00. The molecule has 0 atom stereocenters. The number of carbonyl (C=O) groups excluding carboxylic acids is 1. The number of benzene rings is 1. The molecule has 0 spiro atoms. The smallest absolute Gasteiger partial charge is 0.244 e. The Morgan fingerprint density at radius 2 is 1.26 bits per heavy atom. The van der Waals surface area contributed by atoms with Gasteiger partial charge >= 0.3 is 0 Å². The van der Waals surface area contributed by atoms with Crippen molar-refractivity contribution >= 4 is 5.91 Å². The van der Waals surface area contributed by atoms with Crippen molar-refractivity contribution in [1.82, 2.24) is 0 Å². The van der Waals surface area contributed by atoms with E-state index in [1.54, 1.807) is 0 Å². The summed E-state index contributed by atoms with van der Waals surface area (Å²) in [6, 6.07) is 10.1. The van der Waals surface area contributed by atoms with E-state index < -0.39 is 0 Å². The fourth-order valence-corrected chi connectivity index (χ4v) is 3.51. The van der Waals surface area contributed by atoms with Crippen molar-refractivity contribution in [3.8, 4) is 0 Å².